The van der Waals surface area contributed by atoms with E-state index in [-0.39, 0.29) is 12.7 Å². The molecule has 0 bridgehead atoms. The van der Waals surface area contributed by atoms with Crippen molar-refractivity contribution in [3.8, 4) is 0 Å². The Morgan fingerprint density at radius 3 is 2.71 bits per heavy atom. The molecule has 2 aliphatic rings. The molecular formula is C25H27N3O3. The number of nitrogens with zero attached hydrogens (tertiary/aromatic N) is 3. The summed E-state index contributed by atoms with van der Waals surface area (Å²) in [6.45, 7) is 4.13. The fourth-order valence-corrected chi connectivity index (χ4v) is 4.56. The Morgan fingerprint density at radius 2 is 1.87 bits per heavy atom. The molecule has 160 valence electrons. The van der Waals surface area contributed by atoms with Crippen LogP contribution < -0.4 is 0 Å². The van der Waals surface area contributed by atoms with Gasteiger partial charge in [0.25, 0.3) is 0 Å². The number of furan rings is 1. The molecule has 5 rings (SSSR count). The van der Waals surface area contributed by atoms with E-state index in [1.165, 1.54) is 16.8 Å². The highest BCUT2D eigenvalue weighted by molar-refractivity contribution is 5.77. The van der Waals surface area contributed by atoms with E-state index in [2.05, 4.69) is 41.1 Å². The molecule has 6 nitrogen and oxygen atoms in total. The summed E-state index contributed by atoms with van der Waals surface area (Å²) in [5.41, 5.74) is 4.78. The average Bonchev–Trinajstić information content (AvgIpc) is 3.21. The van der Waals surface area contributed by atoms with E-state index in [1.54, 1.807) is 4.90 Å². The Morgan fingerprint density at radius 1 is 1.06 bits per heavy atom. The Labute approximate surface area is 182 Å². The number of carbonyl (C=O) groups is 1. The van der Waals surface area contributed by atoms with Crippen LogP contribution in [0.4, 0.5) is 4.79 Å². The van der Waals surface area contributed by atoms with Crippen LogP contribution in [0.15, 0.2) is 76.4 Å². The molecule has 0 saturated carbocycles. The summed E-state index contributed by atoms with van der Waals surface area (Å²) in [5.74, 6) is 0.665. The van der Waals surface area contributed by atoms with Gasteiger partial charge >= 0.3 is 6.09 Å². The van der Waals surface area contributed by atoms with Crippen LogP contribution in [-0.2, 0) is 17.9 Å². The molecule has 1 aromatic heterocycles. The first-order valence-electron chi connectivity index (χ1n) is 10.7. The predicted molar refractivity (Wildman–Crippen MR) is 119 cm³/mol. The Hall–Kier alpha value is -3.25. The largest absolute Gasteiger partial charge is 0.457 e. The van der Waals surface area contributed by atoms with Gasteiger partial charge in [-0.05, 0) is 23.3 Å². The van der Waals surface area contributed by atoms with Crippen molar-refractivity contribution < 1.29 is 13.9 Å². The van der Waals surface area contributed by atoms with Gasteiger partial charge < -0.3 is 19.0 Å². The van der Waals surface area contributed by atoms with E-state index in [9.17, 15) is 4.79 Å². The number of hydrogen-bond donors (Lipinski definition) is 0. The first kappa shape index (κ1) is 19.7. The summed E-state index contributed by atoms with van der Waals surface area (Å²) >= 11 is 0. The van der Waals surface area contributed by atoms with Crippen LogP contribution in [-0.4, -0.2) is 54.1 Å². The van der Waals surface area contributed by atoms with Crippen molar-refractivity contribution in [3.05, 3.63) is 83.3 Å². The second-order valence-electron chi connectivity index (χ2n) is 8.34. The maximum atomic E-state index is 12.7. The summed E-state index contributed by atoms with van der Waals surface area (Å²) in [6.07, 6.45) is 0.583. The number of hydrogen-bond acceptors (Lipinski definition) is 5. The third-order valence-corrected chi connectivity index (χ3v) is 6.02. The lowest BCUT2D eigenvalue weighted by Crippen LogP contribution is -2.48. The van der Waals surface area contributed by atoms with Gasteiger partial charge in [-0.15, -0.1) is 0 Å². The minimum absolute atomic E-state index is 0.149. The van der Waals surface area contributed by atoms with Gasteiger partial charge in [-0.2, -0.15) is 0 Å². The molecule has 6 heteroatoms. The lowest BCUT2D eigenvalue weighted by atomic mass is 10.0. The number of rotatable bonds is 4. The maximum absolute atomic E-state index is 12.7. The van der Waals surface area contributed by atoms with Crippen LogP contribution in [0.2, 0.25) is 0 Å². The van der Waals surface area contributed by atoms with Crippen LogP contribution >= 0.6 is 0 Å². The van der Waals surface area contributed by atoms with Crippen molar-refractivity contribution in [2.45, 2.75) is 19.6 Å². The lowest BCUT2D eigenvalue weighted by Gasteiger charge is -2.42. The van der Waals surface area contributed by atoms with Crippen LogP contribution in [0.3, 0.4) is 0 Å². The van der Waals surface area contributed by atoms with E-state index < -0.39 is 0 Å². The van der Waals surface area contributed by atoms with E-state index in [0.29, 0.717) is 18.8 Å². The maximum Gasteiger partial charge on any atom is 0.410 e. The van der Waals surface area contributed by atoms with E-state index in [1.807, 2.05) is 36.4 Å². The number of ether oxygens (including phenoxy) is 1. The molecule has 0 radical (unpaired) electrons. The third-order valence-electron chi connectivity index (χ3n) is 6.02. The summed E-state index contributed by atoms with van der Waals surface area (Å²) in [7, 11) is 2.14. The third kappa shape index (κ3) is 4.30. The molecule has 0 atom stereocenters. The van der Waals surface area contributed by atoms with Crippen molar-refractivity contribution in [3.63, 3.8) is 0 Å². The van der Waals surface area contributed by atoms with Crippen molar-refractivity contribution in [1.29, 1.82) is 0 Å². The number of fused-ring (bicyclic) bond motifs is 1. The molecule has 0 N–H and O–H groups in total. The molecule has 0 aliphatic carbocycles. The number of carbonyl (C=O) groups excluding carboxylic acids is 1. The number of amides is 1. The average molecular weight is 418 g/mol. The molecule has 2 aromatic carbocycles. The van der Waals surface area contributed by atoms with E-state index >= 15 is 0 Å². The zero-order chi connectivity index (χ0) is 21.2. The molecule has 31 heavy (non-hydrogen) atoms. The predicted octanol–water partition coefficient (Wildman–Crippen LogP) is 4.43. The molecule has 3 aromatic rings. The Balaban J connectivity index is 1.20. The molecule has 2 aliphatic heterocycles. The number of para-hydroxylation sites is 1. The summed E-state index contributed by atoms with van der Waals surface area (Å²) in [4.78, 5) is 19.3. The quantitative estimate of drug-likeness (QED) is 0.628. The first-order chi connectivity index (χ1) is 15.2. The van der Waals surface area contributed by atoms with Gasteiger partial charge in [0, 0.05) is 50.7 Å². The van der Waals surface area contributed by atoms with E-state index in [0.717, 1.165) is 37.1 Å². The SMILES string of the molecule is CN1CN(Cc2ccccc2)CC2=C1CCN(C(=O)OCc1cc3ccccc3o1)C2. The molecular weight excluding hydrogens is 390 g/mol. The van der Waals surface area contributed by atoms with Gasteiger partial charge in [-0.25, -0.2) is 4.79 Å². The van der Waals surface area contributed by atoms with Crippen LogP contribution in [0.25, 0.3) is 11.0 Å². The van der Waals surface area contributed by atoms with Crippen LogP contribution in [0, 0.1) is 0 Å². The summed E-state index contributed by atoms with van der Waals surface area (Å²) in [6, 6.07) is 20.3. The van der Waals surface area contributed by atoms with Crippen LogP contribution in [0.5, 0.6) is 0 Å². The lowest BCUT2D eigenvalue weighted by molar-refractivity contribution is 0.0826. The fraction of sp³-hybridized carbons (Fsp3) is 0.320. The Bertz CT molecular complexity index is 1070. The van der Waals surface area contributed by atoms with Crippen LogP contribution in [0.1, 0.15) is 17.7 Å². The van der Waals surface area contributed by atoms with Crippen molar-refractivity contribution in [1.82, 2.24) is 14.7 Å². The minimum atomic E-state index is -0.283. The monoisotopic (exact) mass is 417 g/mol. The zero-order valence-electron chi connectivity index (χ0n) is 17.8. The smallest absolute Gasteiger partial charge is 0.410 e. The molecule has 0 saturated heterocycles. The summed E-state index contributed by atoms with van der Waals surface area (Å²) in [5, 5.41) is 1.02. The minimum Gasteiger partial charge on any atom is -0.457 e. The standard InChI is InChI=1S/C25H27N3O3/c1-26-18-27(14-19-7-3-2-4-8-19)15-21-16-28(12-11-23(21)26)25(29)30-17-22-13-20-9-5-6-10-24(20)31-22/h2-10,13H,11-12,14-18H2,1H3. The molecule has 3 heterocycles. The van der Waals surface area contributed by atoms with Gasteiger partial charge in [-0.3, -0.25) is 4.90 Å². The number of benzene rings is 2. The second kappa shape index (κ2) is 8.47. The summed E-state index contributed by atoms with van der Waals surface area (Å²) < 4.78 is 11.3. The van der Waals surface area contributed by atoms with Gasteiger partial charge in [0.15, 0.2) is 6.61 Å². The fourth-order valence-electron chi connectivity index (χ4n) is 4.56. The van der Waals surface area contributed by atoms with Crippen molar-refractivity contribution in [2.24, 2.45) is 0 Å². The van der Waals surface area contributed by atoms with Crippen molar-refractivity contribution >= 4 is 17.1 Å². The Kier molecular flexibility index (Phi) is 5.38. The molecule has 0 fully saturated rings. The highest BCUT2D eigenvalue weighted by Gasteiger charge is 2.30. The topological polar surface area (TPSA) is 49.2 Å². The van der Waals surface area contributed by atoms with Gasteiger partial charge in [-0.1, -0.05) is 48.5 Å². The van der Waals surface area contributed by atoms with Gasteiger partial charge in [0.05, 0.1) is 6.67 Å². The van der Waals surface area contributed by atoms with Crippen molar-refractivity contribution in [2.75, 3.05) is 33.4 Å². The van der Waals surface area contributed by atoms with E-state index in [4.69, 9.17) is 9.15 Å². The highest BCUT2D eigenvalue weighted by atomic mass is 16.6. The van der Waals surface area contributed by atoms with Gasteiger partial charge in [0.1, 0.15) is 11.3 Å². The van der Waals surface area contributed by atoms with Gasteiger partial charge in [0.2, 0.25) is 0 Å². The molecule has 0 unspecified atom stereocenters. The normalized spacial score (nSPS) is 17.2. The second-order valence-corrected chi connectivity index (χ2v) is 8.34. The zero-order valence-corrected chi connectivity index (χ0v) is 17.8. The first-order valence-corrected chi connectivity index (χ1v) is 10.7. The highest BCUT2D eigenvalue weighted by Crippen LogP contribution is 2.27. The molecule has 1 amide bonds. The molecule has 0 spiro atoms.